The third-order valence-electron chi connectivity index (χ3n) is 9.52. The van der Waals surface area contributed by atoms with Gasteiger partial charge in [0.05, 0.1) is 38.8 Å². The van der Waals surface area contributed by atoms with Crippen molar-refractivity contribution in [3.63, 3.8) is 0 Å². The largest absolute Gasteiger partial charge is 0.497 e. The highest BCUT2D eigenvalue weighted by Crippen LogP contribution is 2.48. The van der Waals surface area contributed by atoms with Crippen LogP contribution < -0.4 is 20.3 Å². The molecule has 1 saturated heterocycles. The van der Waals surface area contributed by atoms with Crippen LogP contribution in [0, 0.1) is 5.92 Å². The molecule has 5 aromatic rings. The molecule has 1 aliphatic heterocycles. The lowest BCUT2D eigenvalue weighted by Gasteiger charge is -2.43. The predicted octanol–water partition coefficient (Wildman–Crippen LogP) is 4.19. The standard InChI is InChI=1S/C39H41N5O10/c1-22(2)36(49)42-38-41-35-32(37(50)43-38)40-21-44(35)29-20-28(53-31(47)19-18-30(45)46)33(54-29)34(48)39(23-8-6-5-7-9-23,24-10-14-26(51-3)15-11-24)25-12-16-27(52-4)17-13-25/h5-17,21-22,28-29,33-34,48H,18-20H2,1-4H3,(H,45,46)(H2,41,42,43,49,50)/t28-,29+,33-,34?/m0/s1. The number of hydrogen-bond acceptors (Lipinski definition) is 11. The van der Waals surface area contributed by atoms with Gasteiger partial charge in [-0.3, -0.25) is 34.0 Å². The normalized spacial score (nSPS) is 17.6. The number of ether oxygens (including phenoxy) is 4. The fourth-order valence-corrected chi connectivity index (χ4v) is 6.79. The number of nitrogens with one attached hydrogen (secondary N) is 2. The highest BCUT2D eigenvalue weighted by Gasteiger charge is 2.53. The molecule has 1 aliphatic rings. The second kappa shape index (κ2) is 15.9. The molecule has 0 spiro atoms. The molecule has 3 aromatic carbocycles. The third kappa shape index (κ3) is 7.40. The number of anilines is 1. The van der Waals surface area contributed by atoms with Crippen molar-refractivity contribution >= 4 is 35.0 Å². The number of aliphatic hydroxyl groups is 1. The number of nitrogens with zero attached hydrogens (tertiary/aromatic N) is 3. The van der Waals surface area contributed by atoms with Crippen LogP contribution in [0.3, 0.4) is 0 Å². The van der Waals surface area contributed by atoms with E-state index in [1.54, 1.807) is 52.3 Å². The lowest BCUT2D eigenvalue weighted by atomic mass is 9.64. The highest BCUT2D eigenvalue weighted by atomic mass is 16.6. The first-order chi connectivity index (χ1) is 26.0. The smallest absolute Gasteiger partial charge is 0.306 e. The molecule has 4 N–H and O–H groups in total. The Bertz CT molecular complexity index is 2120. The fraction of sp³-hybridized carbons (Fsp3) is 0.333. The second-order valence-corrected chi connectivity index (χ2v) is 13.2. The number of esters is 1. The lowest BCUT2D eigenvalue weighted by molar-refractivity contribution is -0.159. The average molecular weight is 740 g/mol. The summed E-state index contributed by atoms with van der Waals surface area (Å²) in [5.41, 5.74) is 0.0627. The van der Waals surface area contributed by atoms with E-state index in [0.29, 0.717) is 28.2 Å². The van der Waals surface area contributed by atoms with Crippen molar-refractivity contribution < 1.29 is 43.5 Å². The number of H-pyrrole nitrogens is 1. The number of aliphatic hydroxyl groups excluding tert-OH is 1. The van der Waals surface area contributed by atoms with Crippen LogP contribution in [0.15, 0.2) is 90.0 Å². The van der Waals surface area contributed by atoms with E-state index in [-0.39, 0.29) is 29.4 Å². The van der Waals surface area contributed by atoms with Crippen molar-refractivity contribution in [2.75, 3.05) is 19.5 Å². The van der Waals surface area contributed by atoms with Gasteiger partial charge in [0, 0.05) is 12.3 Å². The number of imidazole rings is 1. The molecule has 1 amide bonds. The Labute approximate surface area is 309 Å². The van der Waals surface area contributed by atoms with Crippen molar-refractivity contribution in [2.45, 2.75) is 63.1 Å². The number of amides is 1. The molecule has 1 unspecified atom stereocenters. The van der Waals surface area contributed by atoms with Crippen molar-refractivity contribution in [1.29, 1.82) is 0 Å². The van der Waals surface area contributed by atoms with E-state index in [2.05, 4.69) is 20.3 Å². The van der Waals surface area contributed by atoms with E-state index in [4.69, 9.17) is 18.9 Å². The molecule has 6 rings (SSSR count). The quantitative estimate of drug-likeness (QED) is 0.0935. The maximum Gasteiger partial charge on any atom is 0.306 e. The van der Waals surface area contributed by atoms with Crippen LogP contribution in [-0.4, -0.2) is 80.1 Å². The van der Waals surface area contributed by atoms with Gasteiger partial charge in [-0.15, -0.1) is 0 Å². The van der Waals surface area contributed by atoms with Gasteiger partial charge in [0.2, 0.25) is 11.9 Å². The van der Waals surface area contributed by atoms with Crippen LogP contribution in [0.25, 0.3) is 11.2 Å². The molecule has 15 heteroatoms. The van der Waals surface area contributed by atoms with Gasteiger partial charge in [-0.25, -0.2) is 4.98 Å². The number of methoxy groups -OCH3 is 2. The van der Waals surface area contributed by atoms with Crippen LogP contribution in [0.5, 0.6) is 11.5 Å². The van der Waals surface area contributed by atoms with Crippen molar-refractivity contribution in [3.8, 4) is 11.5 Å². The SMILES string of the molecule is COc1ccc(C(c2ccccc2)(c2ccc(OC)cc2)C(O)[C@H]2O[C@@H](n3cnc4c(=O)[nH]c(NC(=O)C(C)C)nc43)C[C@@H]2OC(=O)CCC(=O)O)cc1. The number of carbonyl (C=O) groups excluding carboxylic acids is 2. The van der Waals surface area contributed by atoms with Crippen molar-refractivity contribution in [1.82, 2.24) is 19.5 Å². The van der Waals surface area contributed by atoms with Gasteiger partial charge in [-0.1, -0.05) is 68.4 Å². The summed E-state index contributed by atoms with van der Waals surface area (Å²) < 4.78 is 25.0. The van der Waals surface area contributed by atoms with E-state index in [1.165, 1.54) is 10.9 Å². The summed E-state index contributed by atoms with van der Waals surface area (Å²) in [6, 6.07) is 23.8. The summed E-state index contributed by atoms with van der Waals surface area (Å²) >= 11 is 0. The number of rotatable bonds is 14. The van der Waals surface area contributed by atoms with Gasteiger partial charge in [-0.05, 0) is 41.0 Å². The van der Waals surface area contributed by atoms with Crippen molar-refractivity contribution in [2.24, 2.45) is 5.92 Å². The minimum atomic E-state index is -1.48. The predicted molar refractivity (Wildman–Crippen MR) is 195 cm³/mol. The van der Waals surface area contributed by atoms with E-state index < -0.39 is 66.2 Å². The van der Waals surface area contributed by atoms with Crippen molar-refractivity contribution in [3.05, 3.63) is 112 Å². The monoisotopic (exact) mass is 739 g/mol. The molecule has 54 heavy (non-hydrogen) atoms. The zero-order chi connectivity index (χ0) is 38.6. The number of benzene rings is 3. The number of carboxylic acid groups (broad SMARTS) is 1. The molecule has 3 heterocycles. The minimum absolute atomic E-state index is 0.0322. The molecule has 0 saturated carbocycles. The van der Waals surface area contributed by atoms with E-state index in [0.717, 1.165) is 0 Å². The maximum absolute atomic E-state index is 13.2. The Morgan fingerprint density at radius 1 is 0.944 bits per heavy atom. The fourth-order valence-electron chi connectivity index (χ4n) is 6.79. The summed E-state index contributed by atoms with van der Waals surface area (Å²) in [6.07, 6.45) is -4.39. The number of fused-ring (bicyclic) bond motifs is 1. The summed E-state index contributed by atoms with van der Waals surface area (Å²) in [6.45, 7) is 3.39. The summed E-state index contributed by atoms with van der Waals surface area (Å²) in [4.78, 5) is 61.2. The van der Waals surface area contributed by atoms with E-state index in [9.17, 15) is 29.4 Å². The molecule has 1 fully saturated rings. The van der Waals surface area contributed by atoms with Gasteiger partial charge in [0.15, 0.2) is 11.2 Å². The topological polar surface area (TPSA) is 204 Å². The first-order valence-electron chi connectivity index (χ1n) is 17.3. The number of aromatic nitrogens is 4. The van der Waals surface area contributed by atoms with Gasteiger partial charge in [-0.2, -0.15) is 4.98 Å². The Morgan fingerprint density at radius 3 is 2.09 bits per heavy atom. The molecular weight excluding hydrogens is 698 g/mol. The number of aromatic amines is 1. The second-order valence-electron chi connectivity index (χ2n) is 13.2. The van der Waals surface area contributed by atoms with Crippen LogP contribution in [0.2, 0.25) is 0 Å². The number of carboxylic acids is 1. The molecular formula is C39H41N5O10. The van der Waals surface area contributed by atoms with Crippen LogP contribution >= 0.6 is 0 Å². The molecule has 15 nitrogen and oxygen atoms in total. The highest BCUT2D eigenvalue weighted by molar-refractivity contribution is 5.91. The Balaban J connectivity index is 1.50. The van der Waals surface area contributed by atoms with Crippen LogP contribution in [0.1, 0.15) is 56.0 Å². The Hall–Kier alpha value is -6.06. The first-order valence-corrected chi connectivity index (χ1v) is 17.3. The molecule has 2 aromatic heterocycles. The number of hydrogen-bond donors (Lipinski definition) is 4. The number of carbonyl (C=O) groups is 3. The number of aliphatic carboxylic acids is 1. The van der Waals surface area contributed by atoms with Crippen LogP contribution in [-0.2, 0) is 29.3 Å². The van der Waals surface area contributed by atoms with Gasteiger partial charge >= 0.3 is 11.9 Å². The maximum atomic E-state index is 13.2. The first kappa shape index (κ1) is 37.7. The summed E-state index contributed by atoms with van der Waals surface area (Å²) in [7, 11) is 3.11. The van der Waals surface area contributed by atoms with E-state index in [1.807, 2.05) is 54.6 Å². The van der Waals surface area contributed by atoms with Crippen LogP contribution in [0.4, 0.5) is 5.95 Å². The minimum Gasteiger partial charge on any atom is -0.497 e. The molecule has 282 valence electrons. The van der Waals surface area contributed by atoms with Gasteiger partial charge < -0.3 is 29.2 Å². The van der Waals surface area contributed by atoms with E-state index >= 15 is 0 Å². The zero-order valence-corrected chi connectivity index (χ0v) is 30.1. The molecule has 0 bridgehead atoms. The van der Waals surface area contributed by atoms with Gasteiger partial charge in [0.25, 0.3) is 5.56 Å². The summed E-state index contributed by atoms with van der Waals surface area (Å²) in [5.74, 6) is -1.65. The molecule has 0 radical (unpaired) electrons. The Kier molecular flexibility index (Phi) is 11.1. The Morgan fingerprint density at radius 2 is 1.54 bits per heavy atom. The van der Waals surface area contributed by atoms with Gasteiger partial charge in [0.1, 0.15) is 36.0 Å². The molecule has 4 atom stereocenters. The zero-order valence-electron chi connectivity index (χ0n) is 30.1. The lowest BCUT2D eigenvalue weighted by Crippen LogP contribution is -2.52. The average Bonchev–Trinajstić information content (AvgIpc) is 3.79. The summed E-state index contributed by atoms with van der Waals surface area (Å²) in [5, 5.41) is 24.9. The third-order valence-corrected chi connectivity index (χ3v) is 9.52. The molecule has 0 aliphatic carbocycles.